The van der Waals surface area contributed by atoms with Crippen LogP contribution in [0.1, 0.15) is 43.2 Å². The molecule has 0 bridgehead atoms. The van der Waals surface area contributed by atoms with Gasteiger partial charge < -0.3 is 0 Å². The molecule has 1 heteroatoms. The Hall–Kier alpha value is -0.300. The Labute approximate surface area is 94.8 Å². The molecule has 0 saturated carbocycles. The number of hydrogen-bond acceptors (Lipinski definition) is 0. The second kappa shape index (κ2) is 4.48. The molecule has 0 fully saturated rings. The Morgan fingerprint density at radius 3 is 3.00 bits per heavy atom. The van der Waals surface area contributed by atoms with Crippen molar-refractivity contribution in [2.24, 2.45) is 0 Å². The van der Waals surface area contributed by atoms with Crippen LogP contribution < -0.4 is 0 Å². The summed E-state index contributed by atoms with van der Waals surface area (Å²) in [6.07, 6.45) is 5.29. The number of aryl methyl sites for hydroxylation is 1. The summed E-state index contributed by atoms with van der Waals surface area (Å²) >= 11 is 3.66. The van der Waals surface area contributed by atoms with Crippen molar-refractivity contribution in [1.82, 2.24) is 0 Å². The van der Waals surface area contributed by atoms with Gasteiger partial charge in [-0.3, -0.25) is 0 Å². The van der Waals surface area contributed by atoms with Crippen molar-refractivity contribution >= 4 is 15.9 Å². The summed E-state index contributed by atoms with van der Waals surface area (Å²) in [5.74, 6) is 0.786. The molecule has 14 heavy (non-hydrogen) atoms. The largest absolute Gasteiger partial charge is 0.0893 e. The maximum absolute atomic E-state index is 3.66. The van der Waals surface area contributed by atoms with Gasteiger partial charge in [0, 0.05) is 4.83 Å². The van der Waals surface area contributed by atoms with E-state index in [1.54, 1.807) is 11.1 Å². The second-order valence-corrected chi connectivity index (χ2v) is 5.87. The van der Waals surface area contributed by atoms with Crippen molar-refractivity contribution in [3.63, 3.8) is 0 Å². The van der Waals surface area contributed by atoms with Gasteiger partial charge in [0.25, 0.3) is 0 Å². The van der Waals surface area contributed by atoms with Crippen molar-refractivity contribution in [2.45, 2.75) is 43.4 Å². The van der Waals surface area contributed by atoms with Crippen molar-refractivity contribution in [1.29, 1.82) is 0 Å². The maximum Gasteiger partial charge on any atom is 0.0123 e. The third-order valence-corrected chi connectivity index (χ3v) is 3.48. The lowest BCUT2D eigenvalue weighted by Gasteiger charge is -2.26. The van der Waals surface area contributed by atoms with Gasteiger partial charge in [-0.15, -0.1) is 0 Å². The van der Waals surface area contributed by atoms with Crippen LogP contribution in [-0.4, -0.2) is 4.83 Å². The highest BCUT2D eigenvalue weighted by Gasteiger charge is 2.20. The van der Waals surface area contributed by atoms with E-state index >= 15 is 0 Å². The molecule has 2 rings (SSSR count). The van der Waals surface area contributed by atoms with E-state index in [-0.39, 0.29) is 0 Å². The Morgan fingerprint density at radius 2 is 2.21 bits per heavy atom. The summed E-state index contributed by atoms with van der Waals surface area (Å²) in [7, 11) is 0. The first-order valence-electron chi connectivity index (χ1n) is 5.49. The number of hydrogen-bond donors (Lipinski definition) is 0. The van der Waals surface area contributed by atoms with Gasteiger partial charge in [-0.2, -0.15) is 0 Å². The minimum Gasteiger partial charge on any atom is -0.0893 e. The van der Waals surface area contributed by atoms with Crippen LogP contribution in [0.25, 0.3) is 0 Å². The highest BCUT2D eigenvalue weighted by Crippen LogP contribution is 2.35. The Bertz CT molecular complexity index is 304. The van der Waals surface area contributed by atoms with Crippen LogP contribution >= 0.6 is 15.9 Å². The molecule has 0 spiro atoms. The summed E-state index contributed by atoms with van der Waals surface area (Å²) in [6.45, 7) is 2.25. The maximum atomic E-state index is 3.66. The molecule has 0 N–H and O–H groups in total. The molecular formula is C13H17Br. The van der Waals surface area contributed by atoms with Crippen LogP contribution in [0, 0.1) is 0 Å². The monoisotopic (exact) mass is 252 g/mol. The smallest absolute Gasteiger partial charge is 0.0123 e. The van der Waals surface area contributed by atoms with E-state index in [4.69, 9.17) is 0 Å². The molecule has 0 aliphatic heterocycles. The van der Waals surface area contributed by atoms with Gasteiger partial charge in [0.15, 0.2) is 0 Å². The lowest BCUT2D eigenvalue weighted by atomic mass is 9.81. The van der Waals surface area contributed by atoms with E-state index < -0.39 is 0 Å². The molecule has 76 valence electrons. The molecule has 0 amide bonds. The molecular weight excluding hydrogens is 236 g/mol. The van der Waals surface area contributed by atoms with Gasteiger partial charge in [0.1, 0.15) is 0 Å². The lowest BCUT2D eigenvalue weighted by Crippen LogP contribution is -2.12. The highest BCUT2D eigenvalue weighted by atomic mass is 79.9. The van der Waals surface area contributed by atoms with Gasteiger partial charge in [-0.05, 0) is 42.7 Å². The summed E-state index contributed by atoms with van der Waals surface area (Å²) in [5.41, 5.74) is 3.18. The second-order valence-electron chi connectivity index (χ2n) is 4.30. The number of rotatable bonds is 2. The zero-order valence-electron chi connectivity index (χ0n) is 8.67. The third-order valence-electron chi connectivity index (χ3n) is 3.10. The molecule has 0 saturated heterocycles. The minimum atomic E-state index is 0.638. The van der Waals surface area contributed by atoms with Crippen LogP contribution in [0.15, 0.2) is 24.3 Å². The first-order valence-corrected chi connectivity index (χ1v) is 6.41. The zero-order valence-corrected chi connectivity index (χ0v) is 10.3. The van der Waals surface area contributed by atoms with Crippen LogP contribution in [0.5, 0.6) is 0 Å². The number of alkyl halides is 1. The fraction of sp³-hybridized carbons (Fsp3) is 0.538. The molecule has 0 heterocycles. The van der Waals surface area contributed by atoms with Gasteiger partial charge in [-0.1, -0.05) is 47.1 Å². The fourth-order valence-electron chi connectivity index (χ4n) is 2.49. The van der Waals surface area contributed by atoms with E-state index in [1.807, 2.05) is 0 Å². The van der Waals surface area contributed by atoms with Crippen LogP contribution in [0.3, 0.4) is 0 Å². The normalized spacial score (nSPS) is 22.9. The average Bonchev–Trinajstić information content (AvgIpc) is 2.18. The van der Waals surface area contributed by atoms with Gasteiger partial charge in [0.2, 0.25) is 0 Å². The first-order chi connectivity index (χ1) is 6.77. The minimum absolute atomic E-state index is 0.638. The molecule has 1 aromatic carbocycles. The fourth-order valence-corrected chi connectivity index (χ4v) is 2.94. The lowest BCUT2D eigenvalue weighted by molar-refractivity contribution is 0.522. The molecule has 0 nitrogen and oxygen atoms in total. The van der Waals surface area contributed by atoms with E-state index in [2.05, 4.69) is 47.1 Å². The zero-order chi connectivity index (χ0) is 9.97. The van der Waals surface area contributed by atoms with Crippen molar-refractivity contribution < 1.29 is 0 Å². The first kappa shape index (κ1) is 10.2. The van der Waals surface area contributed by atoms with Gasteiger partial charge >= 0.3 is 0 Å². The number of halogens is 1. The van der Waals surface area contributed by atoms with Crippen molar-refractivity contribution in [3.8, 4) is 0 Å². The molecule has 0 radical (unpaired) electrons. The Balaban J connectivity index is 2.22. The standard InChI is InChI=1S/C13H17Br/c1-10(14)9-12-7-4-6-11-5-2-3-8-13(11)12/h2-3,5,8,10,12H,4,6-7,9H2,1H3. The number of fused-ring (bicyclic) bond motifs is 1. The SMILES string of the molecule is CC(Br)CC1CCCc2ccccc21. The summed E-state index contributed by atoms with van der Waals surface area (Å²) in [4.78, 5) is 0.638. The average molecular weight is 253 g/mol. The quantitative estimate of drug-likeness (QED) is 0.690. The predicted molar refractivity (Wildman–Crippen MR) is 65.1 cm³/mol. The molecule has 1 aliphatic carbocycles. The van der Waals surface area contributed by atoms with Crippen molar-refractivity contribution in [2.75, 3.05) is 0 Å². The third kappa shape index (κ3) is 2.20. The number of benzene rings is 1. The van der Waals surface area contributed by atoms with E-state index in [0.29, 0.717) is 4.83 Å². The molecule has 2 unspecified atom stereocenters. The van der Waals surface area contributed by atoms with E-state index in [1.165, 1.54) is 25.7 Å². The van der Waals surface area contributed by atoms with Crippen LogP contribution in [0.4, 0.5) is 0 Å². The van der Waals surface area contributed by atoms with Gasteiger partial charge in [-0.25, -0.2) is 0 Å². The van der Waals surface area contributed by atoms with Crippen LogP contribution in [-0.2, 0) is 6.42 Å². The summed E-state index contributed by atoms with van der Waals surface area (Å²) < 4.78 is 0. The Kier molecular flexibility index (Phi) is 3.27. The molecule has 0 aromatic heterocycles. The summed E-state index contributed by atoms with van der Waals surface area (Å²) in [5, 5.41) is 0. The Morgan fingerprint density at radius 1 is 1.43 bits per heavy atom. The summed E-state index contributed by atoms with van der Waals surface area (Å²) in [6, 6.07) is 8.95. The molecule has 1 aromatic rings. The molecule has 1 aliphatic rings. The predicted octanol–water partition coefficient (Wildman–Crippen LogP) is 4.28. The topological polar surface area (TPSA) is 0 Å². The van der Waals surface area contributed by atoms with Crippen LogP contribution in [0.2, 0.25) is 0 Å². The molecule has 2 atom stereocenters. The van der Waals surface area contributed by atoms with E-state index in [9.17, 15) is 0 Å². The van der Waals surface area contributed by atoms with Gasteiger partial charge in [0.05, 0.1) is 0 Å². The van der Waals surface area contributed by atoms with E-state index in [0.717, 1.165) is 5.92 Å². The highest BCUT2D eigenvalue weighted by molar-refractivity contribution is 9.09. The van der Waals surface area contributed by atoms with Crippen molar-refractivity contribution in [3.05, 3.63) is 35.4 Å².